The predicted molar refractivity (Wildman–Crippen MR) is 78.0 cm³/mol. The molecular formula is C10H21Br2N3O. The molecule has 4 nitrogen and oxygen atoms in total. The molecule has 1 atom stereocenters. The fourth-order valence-electron chi connectivity index (χ4n) is 1.20. The molecule has 0 spiro atoms. The van der Waals surface area contributed by atoms with Crippen molar-refractivity contribution in [3.05, 3.63) is 0 Å². The third-order valence-corrected chi connectivity index (χ3v) is 2.10. The summed E-state index contributed by atoms with van der Waals surface area (Å²) in [6.07, 6.45) is 7.42. The minimum atomic E-state index is -1.02. The zero-order valence-electron chi connectivity index (χ0n) is 9.49. The van der Waals surface area contributed by atoms with Crippen molar-refractivity contribution < 1.29 is 4.79 Å². The third-order valence-electron chi connectivity index (χ3n) is 2.10. The Labute approximate surface area is 118 Å². The minimum absolute atomic E-state index is 0. The van der Waals surface area contributed by atoms with Crippen molar-refractivity contribution in [2.24, 2.45) is 11.5 Å². The van der Waals surface area contributed by atoms with Gasteiger partial charge in [-0.25, -0.2) is 0 Å². The topological polar surface area (TPSA) is 81.1 Å². The maximum atomic E-state index is 11.2. The lowest BCUT2D eigenvalue weighted by atomic mass is 9.93. The van der Waals surface area contributed by atoms with Gasteiger partial charge in [-0.2, -0.15) is 0 Å². The van der Waals surface area contributed by atoms with E-state index < -0.39 is 11.4 Å². The highest BCUT2D eigenvalue weighted by atomic mass is 79.9. The molecule has 1 unspecified atom stereocenters. The Kier molecular flexibility index (Phi) is 15.1. The maximum Gasteiger partial charge on any atom is 0.250 e. The van der Waals surface area contributed by atoms with Crippen LogP contribution in [-0.4, -0.2) is 24.5 Å². The van der Waals surface area contributed by atoms with Crippen LogP contribution in [0.1, 0.15) is 26.2 Å². The number of nitrogens with one attached hydrogen (secondary N) is 1. The molecule has 96 valence electrons. The quantitative estimate of drug-likeness (QED) is 0.587. The Balaban J connectivity index is -0.000000845. The van der Waals surface area contributed by atoms with Gasteiger partial charge >= 0.3 is 0 Å². The van der Waals surface area contributed by atoms with Crippen LogP contribution in [0, 0.1) is 12.3 Å². The van der Waals surface area contributed by atoms with E-state index in [9.17, 15) is 4.79 Å². The van der Waals surface area contributed by atoms with Crippen LogP contribution in [0.15, 0.2) is 0 Å². The Bertz CT molecular complexity index is 221. The molecule has 5 N–H and O–H groups in total. The summed E-state index contributed by atoms with van der Waals surface area (Å²) in [5.74, 6) is 1.95. The van der Waals surface area contributed by atoms with Crippen LogP contribution < -0.4 is 16.8 Å². The number of carbonyl (C=O) groups excluding carboxylic acids is 1. The smallest absolute Gasteiger partial charge is 0.250 e. The summed E-state index contributed by atoms with van der Waals surface area (Å²) >= 11 is 0. The van der Waals surface area contributed by atoms with Crippen molar-refractivity contribution in [2.45, 2.75) is 31.7 Å². The second-order valence-corrected chi connectivity index (χ2v) is 3.23. The van der Waals surface area contributed by atoms with Gasteiger partial charge in [0.1, 0.15) is 0 Å². The molecule has 0 radical (unpaired) electrons. The van der Waals surface area contributed by atoms with Gasteiger partial charge in [0.15, 0.2) is 5.54 Å². The number of halogens is 2. The number of hydrogen-bond donors (Lipinski definition) is 3. The van der Waals surface area contributed by atoms with E-state index in [1.807, 2.05) is 6.92 Å². The summed E-state index contributed by atoms with van der Waals surface area (Å²) in [5.41, 5.74) is 9.63. The summed E-state index contributed by atoms with van der Waals surface area (Å²) in [5, 5.41) is 3.00. The molecule has 0 saturated heterocycles. The van der Waals surface area contributed by atoms with Crippen LogP contribution in [0.2, 0.25) is 0 Å². The van der Waals surface area contributed by atoms with E-state index in [4.69, 9.17) is 17.9 Å². The first kappa shape index (κ1) is 21.2. The van der Waals surface area contributed by atoms with Gasteiger partial charge in [-0.3, -0.25) is 10.1 Å². The van der Waals surface area contributed by atoms with Crippen molar-refractivity contribution in [3.8, 4) is 12.3 Å². The van der Waals surface area contributed by atoms with Crippen LogP contribution >= 0.6 is 34.0 Å². The van der Waals surface area contributed by atoms with Gasteiger partial charge in [0.05, 0.1) is 0 Å². The number of carbonyl (C=O) groups is 1. The first-order valence-electron chi connectivity index (χ1n) is 4.85. The molecular weight excluding hydrogens is 338 g/mol. The lowest BCUT2D eigenvalue weighted by Crippen LogP contribution is -2.54. The van der Waals surface area contributed by atoms with Gasteiger partial charge in [0.25, 0.3) is 0 Å². The van der Waals surface area contributed by atoms with Crippen LogP contribution in [0.5, 0.6) is 0 Å². The number of amides is 1. The third kappa shape index (κ3) is 6.48. The molecule has 0 aromatic carbocycles. The van der Waals surface area contributed by atoms with Gasteiger partial charge in [-0.1, -0.05) is 12.8 Å². The molecule has 0 aliphatic heterocycles. The Morgan fingerprint density at radius 3 is 2.38 bits per heavy atom. The van der Waals surface area contributed by atoms with Crippen molar-refractivity contribution in [1.29, 1.82) is 0 Å². The lowest BCUT2D eigenvalue weighted by molar-refractivity contribution is -0.122. The number of terminal acetylenes is 1. The molecule has 0 bridgehead atoms. The fraction of sp³-hybridized carbons (Fsp3) is 0.700. The van der Waals surface area contributed by atoms with Gasteiger partial charge in [0.2, 0.25) is 5.91 Å². The molecule has 0 fully saturated rings. The number of nitrogens with two attached hydrogens (primary N) is 2. The molecule has 16 heavy (non-hydrogen) atoms. The fourth-order valence-corrected chi connectivity index (χ4v) is 1.20. The van der Waals surface area contributed by atoms with Crippen LogP contribution in [-0.2, 0) is 4.79 Å². The van der Waals surface area contributed by atoms with Crippen LogP contribution in [0.4, 0.5) is 0 Å². The maximum absolute atomic E-state index is 11.2. The normalized spacial score (nSPS) is 12.6. The second-order valence-electron chi connectivity index (χ2n) is 3.23. The Morgan fingerprint density at radius 2 is 2.06 bits per heavy atom. The molecule has 0 heterocycles. The van der Waals surface area contributed by atoms with E-state index >= 15 is 0 Å². The average Bonchev–Trinajstić information content (AvgIpc) is 2.18. The first-order chi connectivity index (χ1) is 6.63. The van der Waals surface area contributed by atoms with E-state index in [0.717, 1.165) is 6.42 Å². The minimum Gasteiger partial charge on any atom is -0.367 e. The summed E-state index contributed by atoms with van der Waals surface area (Å²) in [7, 11) is 0. The van der Waals surface area contributed by atoms with E-state index in [1.54, 1.807) is 0 Å². The zero-order chi connectivity index (χ0) is 11.0. The van der Waals surface area contributed by atoms with Gasteiger partial charge < -0.3 is 11.5 Å². The highest BCUT2D eigenvalue weighted by molar-refractivity contribution is 8.93. The Hall–Kier alpha value is -0.0900. The van der Waals surface area contributed by atoms with E-state index in [2.05, 4.69) is 11.2 Å². The highest BCUT2D eigenvalue weighted by Gasteiger charge is 2.32. The summed E-state index contributed by atoms with van der Waals surface area (Å²) in [6.45, 7) is 3.18. The van der Waals surface area contributed by atoms with Crippen LogP contribution in [0.3, 0.4) is 0 Å². The van der Waals surface area contributed by atoms with Crippen molar-refractivity contribution in [3.63, 3.8) is 0 Å². The second kappa shape index (κ2) is 11.4. The summed E-state index contributed by atoms with van der Waals surface area (Å²) < 4.78 is 0. The molecule has 0 aliphatic rings. The lowest BCUT2D eigenvalue weighted by Gasteiger charge is -2.26. The van der Waals surface area contributed by atoms with E-state index in [0.29, 0.717) is 25.9 Å². The van der Waals surface area contributed by atoms with Crippen molar-refractivity contribution in [1.82, 2.24) is 5.32 Å². The summed E-state index contributed by atoms with van der Waals surface area (Å²) in [4.78, 5) is 11.2. The van der Waals surface area contributed by atoms with Gasteiger partial charge in [-0.15, -0.1) is 40.4 Å². The zero-order valence-corrected chi connectivity index (χ0v) is 12.9. The molecule has 0 aromatic rings. The first-order valence-corrected chi connectivity index (χ1v) is 4.85. The molecule has 1 amide bonds. The molecule has 0 aliphatic carbocycles. The van der Waals surface area contributed by atoms with Crippen LogP contribution in [0.25, 0.3) is 0 Å². The van der Waals surface area contributed by atoms with E-state index in [1.165, 1.54) is 0 Å². The SMILES string of the molecule is Br.Br.C#CC(CCCN)(NCCC)C(N)=O. The number of hydrogen-bond acceptors (Lipinski definition) is 3. The molecule has 0 aromatic heterocycles. The van der Waals surface area contributed by atoms with Gasteiger partial charge in [-0.05, 0) is 32.4 Å². The standard InChI is InChI=1S/C10H19N3O.2BrH/c1-3-8-13-10(4-2,9(12)14)6-5-7-11;;/h2,13H,3,5-8,11H2,1H3,(H2,12,14);2*1H. The van der Waals surface area contributed by atoms with E-state index in [-0.39, 0.29) is 34.0 Å². The molecule has 0 rings (SSSR count). The number of rotatable bonds is 7. The molecule has 6 heteroatoms. The monoisotopic (exact) mass is 357 g/mol. The highest BCUT2D eigenvalue weighted by Crippen LogP contribution is 2.11. The van der Waals surface area contributed by atoms with Gasteiger partial charge in [0, 0.05) is 0 Å². The molecule has 0 saturated carbocycles. The largest absolute Gasteiger partial charge is 0.367 e. The van der Waals surface area contributed by atoms with Crippen molar-refractivity contribution >= 4 is 39.9 Å². The Morgan fingerprint density at radius 1 is 1.50 bits per heavy atom. The summed E-state index contributed by atoms with van der Waals surface area (Å²) in [6, 6.07) is 0. The number of primary amides is 1. The average molecular weight is 359 g/mol. The predicted octanol–water partition coefficient (Wildman–Crippen LogP) is 0.738. The van der Waals surface area contributed by atoms with Crippen molar-refractivity contribution in [2.75, 3.05) is 13.1 Å².